The predicted molar refractivity (Wildman–Crippen MR) is 41.9 cm³/mol. The summed E-state index contributed by atoms with van der Waals surface area (Å²) >= 11 is 0. The van der Waals surface area contributed by atoms with Crippen molar-refractivity contribution < 1.29 is 18.5 Å². The Bertz CT molecular complexity index is 117. The van der Waals surface area contributed by atoms with Gasteiger partial charge in [0.1, 0.15) is 0 Å². The number of rotatable bonds is 5. The normalized spacial score (nSPS) is 12.6. The zero-order valence-electron chi connectivity index (χ0n) is 6.90. The van der Waals surface area contributed by atoms with Crippen LogP contribution in [0.3, 0.4) is 0 Å². The molecule has 0 spiro atoms. The Labute approximate surface area is 66.9 Å². The Hall–Kier alpha value is -0.433. The van der Waals surface area contributed by atoms with Gasteiger partial charge in [0, 0.05) is 27.5 Å². The van der Waals surface area contributed by atoms with E-state index < -0.39 is 8.80 Å². The Balaban J connectivity index is 4.04. The van der Waals surface area contributed by atoms with Crippen LogP contribution in [0, 0.1) is 0 Å². The maximum Gasteiger partial charge on any atom is 0.505 e. The van der Waals surface area contributed by atoms with Gasteiger partial charge in [-0.25, -0.2) is 0 Å². The van der Waals surface area contributed by atoms with Crippen LogP contribution in [0.5, 0.6) is 0 Å². The maximum atomic E-state index is 8.14. The van der Waals surface area contributed by atoms with E-state index in [0.29, 0.717) is 6.04 Å². The summed E-state index contributed by atoms with van der Waals surface area (Å²) in [6.07, 6.45) is 1.29. The summed E-state index contributed by atoms with van der Waals surface area (Å²) in [5, 5.41) is 11.0. The maximum absolute atomic E-state index is 8.14. The molecule has 1 N–H and O–H groups in total. The molecule has 0 fully saturated rings. The number of oxime groups is 1. The number of hydrogen-bond acceptors (Lipinski definition) is 5. The van der Waals surface area contributed by atoms with Crippen molar-refractivity contribution in [3.63, 3.8) is 0 Å². The third-order valence-electron chi connectivity index (χ3n) is 1.36. The molecular weight excluding hydrogens is 166 g/mol. The summed E-state index contributed by atoms with van der Waals surface area (Å²) in [5.41, 5.74) is 0. The Morgan fingerprint density at radius 1 is 1.27 bits per heavy atom. The zero-order chi connectivity index (χ0) is 8.74. The summed E-state index contributed by atoms with van der Waals surface area (Å²) in [7, 11) is 1.97. The molecule has 11 heavy (non-hydrogen) atoms. The first kappa shape index (κ1) is 10.6. The minimum absolute atomic E-state index is 0.368. The van der Waals surface area contributed by atoms with Crippen LogP contribution < -0.4 is 0 Å². The van der Waals surface area contributed by atoms with Gasteiger partial charge in [0.25, 0.3) is 0 Å². The Morgan fingerprint density at radius 3 is 2.00 bits per heavy atom. The molecule has 0 aromatic rings. The second-order valence-corrected chi connectivity index (χ2v) is 4.80. The van der Waals surface area contributed by atoms with Crippen LogP contribution in [0.2, 0.25) is 6.04 Å². The molecule has 0 aliphatic rings. The molecule has 0 atom stereocenters. The van der Waals surface area contributed by atoms with Gasteiger partial charge in [0.2, 0.25) is 0 Å². The molecule has 5 nitrogen and oxygen atoms in total. The van der Waals surface area contributed by atoms with E-state index in [2.05, 4.69) is 5.16 Å². The van der Waals surface area contributed by atoms with E-state index in [4.69, 9.17) is 18.5 Å². The fraction of sp³-hybridized carbons (Fsp3) is 0.800. The van der Waals surface area contributed by atoms with Crippen molar-refractivity contribution in [1.82, 2.24) is 0 Å². The zero-order valence-corrected chi connectivity index (χ0v) is 7.90. The molecule has 0 unspecified atom stereocenters. The van der Waals surface area contributed by atoms with Crippen molar-refractivity contribution in [2.75, 3.05) is 21.3 Å². The van der Waals surface area contributed by atoms with Crippen molar-refractivity contribution in [3.8, 4) is 0 Å². The van der Waals surface area contributed by atoms with Crippen molar-refractivity contribution in [1.29, 1.82) is 0 Å². The largest absolute Gasteiger partial charge is 0.505 e. The number of hydrogen-bond donors (Lipinski definition) is 1. The third kappa shape index (κ3) is 2.98. The average molecular weight is 179 g/mol. The van der Waals surface area contributed by atoms with E-state index in [1.165, 1.54) is 27.5 Å². The van der Waals surface area contributed by atoms with Crippen LogP contribution in [0.4, 0.5) is 0 Å². The summed E-state index contributed by atoms with van der Waals surface area (Å²) in [5.74, 6) is 0. The van der Waals surface area contributed by atoms with Crippen LogP contribution >= 0.6 is 0 Å². The van der Waals surface area contributed by atoms with Gasteiger partial charge >= 0.3 is 8.80 Å². The van der Waals surface area contributed by atoms with Gasteiger partial charge in [0.15, 0.2) is 0 Å². The Kier molecular flexibility index (Phi) is 5.04. The molecule has 0 heterocycles. The highest BCUT2D eigenvalue weighted by atomic mass is 28.4. The molecule has 0 radical (unpaired) electrons. The molecule has 0 saturated heterocycles. The van der Waals surface area contributed by atoms with E-state index in [1.807, 2.05) is 0 Å². The SMILES string of the molecule is CO[Si](CC=NO)(OC)OC. The minimum Gasteiger partial charge on any atom is -0.411 e. The third-order valence-corrected chi connectivity index (χ3v) is 3.90. The second kappa shape index (κ2) is 5.25. The summed E-state index contributed by atoms with van der Waals surface area (Å²) in [4.78, 5) is 0. The molecule has 0 rings (SSSR count). The molecule has 66 valence electrons. The highest BCUT2D eigenvalue weighted by Gasteiger charge is 2.36. The highest BCUT2D eigenvalue weighted by Crippen LogP contribution is 2.09. The van der Waals surface area contributed by atoms with Gasteiger partial charge < -0.3 is 18.5 Å². The van der Waals surface area contributed by atoms with E-state index in [1.54, 1.807) is 0 Å². The van der Waals surface area contributed by atoms with Crippen molar-refractivity contribution in [2.45, 2.75) is 6.04 Å². The first-order valence-electron chi connectivity index (χ1n) is 3.06. The van der Waals surface area contributed by atoms with Crippen LogP contribution in [0.15, 0.2) is 5.16 Å². The van der Waals surface area contributed by atoms with Gasteiger partial charge in [-0.05, 0) is 0 Å². The van der Waals surface area contributed by atoms with E-state index in [0.717, 1.165) is 0 Å². The first-order valence-corrected chi connectivity index (χ1v) is 4.99. The van der Waals surface area contributed by atoms with Gasteiger partial charge in [0.05, 0.1) is 6.04 Å². The fourth-order valence-electron chi connectivity index (χ4n) is 0.653. The van der Waals surface area contributed by atoms with Crippen molar-refractivity contribution in [3.05, 3.63) is 0 Å². The van der Waals surface area contributed by atoms with Crippen molar-refractivity contribution >= 4 is 15.0 Å². The van der Waals surface area contributed by atoms with E-state index in [9.17, 15) is 0 Å². The molecule has 0 amide bonds. The monoisotopic (exact) mass is 179 g/mol. The molecule has 6 heteroatoms. The summed E-state index contributed by atoms with van der Waals surface area (Å²) in [6, 6.07) is 0.368. The molecular formula is C5H13NO4Si. The first-order chi connectivity index (χ1) is 5.24. The van der Waals surface area contributed by atoms with Crippen molar-refractivity contribution in [2.24, 2.45) is 5.16 Å². The van der Waals surface area contributed by atoms with Crippen LogP contribution in [-0.2, 0) is 13.3 Å². The van der Waals surface area contributed by atoms with Crippen LogP contribution in [0.25, 0.3) is 0 Å². The standard InChI is InChI=1S/C5H13NO4Si/c1-8-11(9-2,10-3)5-4-6-7/h4,7H,5H2,1-3H3. The van der Waals surface area contributed by atoms with Gasteiger partial charge in [-0.3, -0.25) is 0 Å². The lowest BCUT2D eigenvalue weighted by atomic mass is 10.9. The van der Waals surface area contributed by atoms with Crippen LogP contribution in [0.1, 0.15) is 0 Å². The fourth-order valence-corrected chi connectivity index (χ4v) is 1.96. The highest BCUT2D eigenvalue weighted by molar-refractivity contribution is 6.63. The topological polar surface area (TPSA) is 60.3 Å². The van der Waals surface area contributed by atoms with Gasteiger partial charge in [-0.1, -0.05) is 0 Å². The van der Waals surface area contributed by atoms with Gasteiger partial charge in [-0.2, -0.15) is 0 Å². The lowest BCUT2D eigenvalue weighted by Crippen LogP contribution is -2.42. The lowest BCUT2D eigenvalue weighted by Gasteiger charge is -2.21. The average Bonchev–Trinajstić information content (AvgIpc) is 2.08. The molecule has 0 aliphatic heterocycles. The minimum atomic E-state index is -2.55. The van der Waals surface area contributed by atoms with E-state index >= 15 is 0 Å². The smallest absolute Gasteiger partial charge is 0.411 e. The molecule has 0 aromatic heterocycles. The molecule has 0 aliphatic carbocycles. The number of nitrogens with zero attached hydrogens (tertiary/aromatic N) is 1. The quantitative estimate of drug-likeness (QED) is 0.286. The predicted octanol–water partition coefficient (Wildman–Crippen LogP) is 0.324. The van der Waals surface area contributed by atoms with Crippen LogP contribution in [-0.4, -0.2) is 41.6 Å². The molecule has 0 aromatic carbocycles. The Morgan fingerprint density at radius 2 is 1.73 bits per heavy atom. The second-order valence-electron chi connectivity index (χ2n) is 1.80. The lowest BCUT2D eigenvalue weighted by molar-refractivity contribution is 0.128. The summed E-state index contributed by atoms with van der Waals surface area (Å²) in [6.45, 7) is 0. The molecule has 0 saturated carbocycles. The van der Waals surface area contributed by atoms with E-state index in [-0.39, 0.29) is 0 Å². The van der Waals surface area contributed by atoms with Gasteiger partial charge in [-0.15, -0.1) is 5.16 Å². The summed E-state index contributed by atoms with van der Waals surface area (Å²) < 4.78 is 15.1. The molecule has 0 bridgehead atoms.